The molecule has 0 unspecified atom stereocenters. The minimum absolute atomic E-state index is 0.0368. The largest absolute Gasteiger partial charge is 0.457 e. The normalized spacial score (nSPS) is 20.0. The van der Waals surface area contributed by atoms with E-state index in [2.05, 4.69) is 82.4 Å². The summed E-state index contributed by atoms with van der Waals surface area (Å²) >= 11 is 0. The Labute approximate surface area is 344 Å². The van der Waals surface area contributed by atoms with E-state index in [0.717, 1.165) is 128 Å². The van der Waals surface area contributed by atoms with Gasteiger partial charge in [-0.2, -0.15) is 0 Å². The lowest BCUT2D eigenvalue weighted by molar-refractivity contribution is -0.134. The first-order valence-corrected chi connectivity index (χ1v) is 21.3. The fraction of sp³-hybridized carbons (Fsp3) is 0.457. The molecule has 0 saturated carbocycles. The number of likely N-dealkylation sites (tertiary alicyclic amines) is 2. The predicted octanol–water partition coefficient (Wildman–Crippen LogP) is 8.33. The standard InChI is InChI=1S/C46H53N7O6/c1-4-46(5-2)33-13-12-31(36-26-48-43(51-36)37-8-6-16-52(37)41(54)20-28-14-18-58-19-15-28)24-39(33)59-40-23-29-10-11-30(21-32(29)22-34(40)46)35-25-47-44(50-35)38-9-7-17-53(38)42(55)27-49-45(56)57-3/h10-13,21-26,28,37-38H,4-9,14-20,27H2,1-3H3,(H,47,50)(H,48,51)(H,49,56)/t37-,38-/m0/s1. The molecule has 3 fully saturated rings. The second-order valence-electron chi connectivity index (χ2n) is 16.5. The summed E-state index contributed by atoms with van der Waals surface area (Å²) in [5.41, 5.74) is 5.89. The molecule has 2 aromatic heterocycles. The van der Waals surface area contributed by atoms with Crippen molar-refractivity contribution in [2.75, 3.05) is 40.0 Å². The summed E-state index contributed by atoms with van der Waals surface area (Å²) in [5.74, 6) is 3.75. The number of nitrogens with zero attached hydrogens (tertiary/aromatic N) is 4. The number of aromatic nitrogens is 4. The molecule has 3 aromatic carbocycles. The molecular weight excluding hydrogens is 747 g/mol. The third-order valence-electron chi connectivity index (χ3n) is 13.3. The van der Waals surface area contributed by atoms with Crippen molar-refractivity contribution in [3.8, 4) is 34.0 Å². The minimum atomic E-state index is -0.630. The van der Waals surface area contributed by atoms with Gasteiger partial charge in [0, 0.05) is 60.4 Å². The predicted molar refractivity (Wildman–Crippen MR) is 223 cm³/mol. The van der Waals surface area contributed by atoms with Gasteiger partial charge in [-0.3, -0.25) is 9.59 Å². The highest BCUT2D eigenvalue weighted by Gasteiger charge is 2.40. The van der Waals surface area contributed by atoms with E-state index in [0.29, 0.717) is 18.9 Å². The van der Waals surface area contributed by atoms with E-state index in [1.54, 1.807) is 4.90 Å². The van der Waals surface area contributed by atoms with E-state index in [4.69, 9.17) is 19.4 Å². The molecule has 0 bridgehead atoms. The number of alkyl carbamates (subject to hydrolysis) is 1. The molecule has 0 aliphatic carbocycles. The zero-order valence-corrected chi connectivity index (χ0v) is 34.1. The number of hydrogen-bond acceptors (Lipinski definition) is 8. The van der Waals surface area contributed by atoms with Crippen molar-refractivity contribution >= 4 is 28.7 Å². The van der Waals surface area contributed by atoms with Gasteiger partial charge in [0.2, 0.25) is 11.8 Å². The number of amides is 3. The van der Waals surface area contributed by atoms with Crippen molar-refractivity contribution in [1.82, 2.24) is 35.1 Å². The lowest BCUT2D eigenvalue weighted by Gasteiger charge is -2.39. The number of hydrogen-bond donors (Lipinski definition) is 3. The van der Waals surface area contributed by atoms with E-state index < -0.39 is 6.09 Å². The van der Waals surface area contributed by atoms with Crippen LogP contribution in [0.4, 0.5) is 4.79 Å². The van der Waals surface area contributed by atoms with Gasteiger partial charge < -0.3 is 39.3 Å². The molecule has 3 saturated heterocycles. The van der Waals surface area contributed by atoms with Gasteiger partial charge in [-0.15, -0.1) is 0 Å². The quantitative estimate of drug-likeness (QED) is 0.127. The third-order valence-corrected chi connectivity index (χ3v) is 13.3. The SMILES string of the molecule is CCC1(CC)c2ccc(-c3cnc([C@@H]4CCCN4C(=O)CC4CCOCC4)[nH]3)cc2Oc2cc3ccc(-c4cnc([C@@H]5CCCN5C(=O)CNC(=O)OC)[nH]4)cc3cc21. The van der Waals surface area contributed by atoms with E-state index in [1.807, 2.05) is 17.3 Å². The fourth-order valence-corrected chi connectivity index (χ4v) is 9.99. The van der Waals surface area contributed by atoms with Gasteiger partial charge in [-0.1, -0.05) is 38.1 Å². The number of H-pyrrole nitrogens is 2. The highest BCUT2D eigenvalue weighted by molar-refractivity contribution is 5.90. The van der Waals surface area contributed by atoms with Crippen LogP contribution in [0.3, 0.4) is 0 Å². The average molecular weight is 800 g/mol. The highest BCUT2D eigenvalue weighted by Crippen LogP contribution is 2.53. The lowest BCUT2D eigenvalue weighted by Crippen LogP contribution is -2.40. The molecular formula is C46H53N7O6. The van der Waals surface area contributed by atoms with Gasteiger partial charge in [-0.25, -0.2) is 14.8 Å². The average Bonchev–Trinajstić information content (AvgIpc) is 4.11. The maximum Gasteiger partial charge on any atom is 0.407 e. The monoisotopic (exact) mass is 799 g/mol. The fourth-order valence-electron chi connectivity index (χ4n) is 9.99. The Morgan fingerprint density at radius 1 is 0.780 bits per heavy atom. The maximum atomic E-state index is 13.4. The molecule has 2 atom stereocenters. The second-order valence-corrected chi connectivity index (χ2v) is 16.5. The zero-order chi connectivity index (χ0) is 40.7. The minimum Gasteiger partial charge on any atom is -0.457 e. The van der Waals surface area contributed by atoms with Crippen molar-refractivity contribution in [3.63, 3.8) is 0 Å². The third kappa shape index (κ3) is 7.23. The van der Waals surface area contributed by atoms with Crippen LogP contribution in [-0.4, -0.2) is 87.6 Å². The van der Waals surface area contributed by atoms with E-state index in [9.17, 15) is 14.4 Å². The number of aromatic amines is 2. The summed E-state index contributed by atoms with van der Waals surface area (Å²) < 4.78 is 16.9. The maximum absolute atomic E-state index is 13.4. The Morgan fingerprint density at radius 2 is 1.41 bits per heavy atom. The molecule has 3 N–H and O–H groups in total. The number of ether oxygens (including phenoxy) is 3. The molecule has 0 spiro atoms. The van der Waals surface area contributed by atoms with Crippen molar-refractivity contribution in [2.24, 2.45) is 5.92 Å². The molecule has 4 aliphatic heterocycles. The number of methoxy groups -OCH3 is 1. The van der Waals surface area contributed by atoms with Gasteiger partial charge in [-0.05, 0) is 92.3 Å². The van der Waals surface area contributed by atoms with Gasteiger partial charge >= 0.3 is 6.09 Å². The number of fused-ring (bicyclic) bond motifs is 3. The number of carbonyl (C=O) groups is 3. The topological polar surface area (TPSA) is 155 Å². The van der Waals surface area contributed by atoms with E-state index in [-0.39, 0.29) is 35.9 Å². The first-order chi connectivity index (χ1) is 28.8. The van der Waals surface area contributed by atoms with Crippen LogP contribution in [0.25, 0.3) is 33.3 Å². The van der Waals surface area contributed by atoms with Crippen molar-refractivity contribution in [2.45, 2.75) is 89.1 Å². The van der Waals surface area contributed by atoms with E-state index in [1.165, 1.54) is 18.2 Å². The summed E-state index contributed by atoms with van der Waals surface area (Å²) in [6.45, 7) is 7.26. The Balaban J connectivity index is 0.952. The first kappa shape index (κ1) is 38.8. The summed E-state index contributed by atoms with van der Waals surface area (Å²) in [6.07, 6.45) is 10.9. The molecule has 308 valence electrons. The number of benzene rings is 3. The summed E-state index contributed by atoms with van der Waals surface area (Å²) in [7, 11) is 1.28. The molecule has 4 aliphatic rings. The van der Waals surface area contributed by atoms with Crippen LogP contribution in [0.5, 0.6) is 11.5 Å². The number of carbonyl (C=O) groups excluding carboxylic acids is 3. The molecule has 9 rings (SSSR count). The van der Waals surface area contributed by atoms with Crippen LogP contribution in [0, 0.1) is 5.92 Å². The lowest BCUT2D eigenvalue weighted by atomic mass is 9.68. The van der Waals surface area contributed by atoms with Crippen molar-refractivity contribution in [1.29, 1.82) is 0 Å². The Bertz CT molecular complexity index is 2380. The summed E-state index contributed by atoms with van der Waals surface area (Å²) in [5, 5.41) is 4.68. The van der Waals surface area contributed by atoms with Crippen LogP contribution in [0.15, 0.2) is 60.9 Å². The number of nitrogens with one attached hydrogen (secondary N) is 3. The van der Waals surface area contributed by atoms with Crippen LogP contribution in [-0.2, 0) is 24.5 Å². The molecule has 0 radical (unpaired) electrons. The molecule has 5 aromatic rings. The van der Waals surface area contributed by atoms with Crippen LogP contribution >= 0.6 is 0 Å². The first-order valence-electron chi connectivity index (χ1n) is 21.3. The number of imidazole rings is 2. The molecule has 59 heavy (non-hydrogen) atoms. The van der Waals surface area contributed by atoms with Gasteiger partial charge in [0.1, 0.15) is 29.7 Å². The highest BCUT2D eigenvalue weighted by atomic mass is 16.5. The molecule has 13 nitrogen and oxygen atoms in total. The smallest absolute Gasteiger partial charge is 0.407 e. The molecule has 6 heterocycles. The van der Waals surface area contributed by atoms with Gasteiger partial charge in [0.25, 0.3) is 0 Å². The van der Waals surface area contributed by atoms with Gasteiger partial charge in [0.05, 0.1) is 43.0 Å². The van der Waals surface area contributed by atoms with Crippen LogP contribution in [0.2, 0.25) is 0 Å². The number of rotatable bonds is 10. The summed E-state index contributed by atoms with van der Waals surface area (Å²) in [6, 6.07) is 17.1. The van der Waals surface area contributed by atoms with Crippen LogP contribution in [0.1, 0.15) is 106 Å². The van der Waals surface area contributed by atoms with Gasteiger partial charge in [0.15, 0.2) is 0 Å². The second kappa shape index (κ2) is 16.2. The van der Waals surface area contributed by atoms with Crippen molar-refractivity contribution < 1.29 is 28.6 Å². The molecule has 3 amide bonds. The Kier molecular flexibility index (Phi) is 10.6. The molecule has 13 heteroatoms. The van der Waals surface area contributed by atoms with E-state index >= 15 is 0 Å². The van der Waals surface area contributed by atoms with Crippen molar-refractivity contribution in [3.05, 3.63) is 83.7 Å². The Morgan fingerprint density at radius 3 is 2.07 bits per heavy atom. The van der Waals surface area contributed by atoms with Crippen LogP contribution < -0.4 is 10.1 Å². The Hall–Kier alpha value is -5.69. The summed E-state index contributed by atoms with van der Waals surface area (Å²) in [4.78, 5) is 58.4. The zero-order valence-electron chi connectivity index (χ0n) is 34.1.